The van der Waals surface area contributed by atoms with Crippen molar-refractivity contribution in [2.75, 3.05) is 6.54 Å². The van der Waals surface area contributed by atoms with Gasteiger partial charge < -0.3 is 20.2 Å². The Morgan fingerprint density at radius 3 is 2.84 bits per heavy atom. The van der Waals surface area contributed by atoms with Crippen molar-refractivity contribution in [1.82, 2.24) is 10.6 Å². The Morgan fingerprint density at radius 2 is 1.96 bits per heavy atom. The molecule has 2 aromatic carbocycles. The first-order valence-electron chi connectivity index (χ1n) is 8.48. The van der Waals surface area contributed by atoms with Crippen LogP contribution >= 0.6 is 0 Å². The van der Waals surface area contributed by atoms with E-state index in [1.54, 1.807) is 0 Å². The molecular weight excluding hydrogens is 316 g/mol. The van der Waals surface area contributed by atoms with Crippen LogP contribution < -0.4 is 10.6 Å². The van der Waals surface area contributed by atoms with E-state index in [4.69, 9.17) is 4.42 Å². The topological polar surface area (TPSA) is 74.5 Å². The third kappa shape index (κ3) is 3.23. The van der Waals surface area contributed by atoms with E-state index in [2.05, 4.69) is 10.6 Å². The molecule has 4 rings (SSSR count). The molecule has 0 unspecified atom stereocenters. The zero-order valence-corrected chi connectivity index (χ0v) is 13.7. The van der Waals surface area contributed by atoms with Gasteiger partial charge in [0.2, 0.25) is 0 Å². The Balaban J connectivity index is 1.32. The summed E-state index contributed by atoms with van der Waals surface area (Å²) in [6.45, 7) is 0.468. The summed E-state index contributed by atoms with van der Waals surface area (Å²) in [5, 5.41) is 16.9. The van der Waals surface area contributed by atoms with Crippen LogP contribution in [0.3, 0.4) is 0 Å². The Labute approximate surface area is 145 Å². The van der Waals surface area contributed by atoms with Gasteiger partial charge in [-0.1, -0.05) is 42.5 Å². The fraction of sp³-hybridized carbons (Fsp3) is 0.250. The standard InChI is InChI=1S/C20H20N2O3/c23-17-12-13-5-1-3-7-16(13)19(17)22-20(24)21-10-9-15-11-14-6-2-4-8-18(14)25-15/h1-8,11,17,19,23H,9-10,12H2,(H2,21,22,24)/t17-,19+/m0/s1. The lowest BCUT2D eigenvalue weighted by Gasteiger charge is -2.18. The number of amides is 2. The third-order valence-corrected chi connectivity index (χ3v) is 4.62. The minimum absolute atomic E-state index is 0.281. The molecule has 2 atom stereocenters. The van der Waals surface area contributed by atoms with Gasteiger partial charge >= 0.3 is 6.03 Å². The van der Waals surface area contributed by atoms with Gasteiger partial charge in [-0.05, 0) is 23.3 Å². The van der Waals surface area contributed by atoms with Crippen molar-refractivity contribution in [1.29, 1.82) is 0 Å². The van der Waals surface area contributed by atoms with E-state index < -0.39 is 6.10 Å². The van der Waals surface area contributed by atoms with Crippen molar-refractivity contribution in [2.45, 2.75) is 25.0 Å². The van der Waals surface area contributed by atoms with E-state index in [1.165, 1.54) is 0 Å². The van der Waals surface area contributed by atoms with Gasteiger partial charge in [-0.15, -0.1) is 0 Å². The van der Waals surface area contributed by atoms with Crippen LogP contribution in [-0.2, 0) is 12.8 Å². The molecule has 1 heterocycles. The van der Waals surface area contributed by atoms with E-state index in [1.807, 2.05) is 54.6 Å². The van der Waals surface area contributed by atoms with Crippen LogP contribution in [0.15, 0.2) is 59.0 Å². The predicted molar refractivity (Wildman–Crippen MR) is 95.3 cm³/mol. The summed E-state index contributed by atoms with van der Waals surface area (Å²) in [5.41, 5.74) is 2.93. The number of hydrogen-bond acceptors (Lipinski definition) is 3. The normalized spacial score (nSPS) is 18.9. The van der Waals surface area contributed by atoms with Crippen molar-refractivity contribution in [3.63, 3.8) is 0 Å². The maximum absolute atomic E-state index is 12.2. The summed E-state index contributed by atoms with van der Waals surface area (Å²) < 4.78 is 5.74. The summed E-state index contributed by atoms with van der Waals surface area (Å²) in [5.74, 6) is 0.841. The Kier molecular flexibility index (Phi) is 4.15. The zero-order chi connectivity index (χ0) is 17.2. The van der Waals surface area contributed by atoms with Crippen molar-refractivity contribution in [2.24, 2.45) is 0 Å². The van der Waals surface area contributed by atoms with Gasteiger partial charge in [0, 0.05) is 24.8 Å². The average Bonchev–Trinajstić information content (AvgIpc) is 3.16. The van der Waals surface area contributed by atoms with Gasteiger partial charge in [0.15, 0.2) is 0 Å². The molecule has 0 bridgehead atoms. The summed E-state index contributed by atoms with van der Waals surface area (Å²) in [4.78, 5) is 12.2. The van der Waals surface area contributed by atoms with Crippen molar-refractivity contribution < 1.29 is 14.3 Å². The molecule has 0 saturated heterocycles. The van der Waals surface area contributed by atoms with Gasteiger partial charge in [0.1, 0.15) is 11.3 Å². The maximum Gasteiger partial charge on any atom is 0.315 e. The molecule has 3 aromatic rings. The zero-order valence-electron chi connectivity index (χ0n) is 13.7. The molecule has 25 heavy (non-hydrogen) atoms. The number of urea groups is 1. The smallest absolute Gasteiger partial charge is 0.315 e. The molecule has 1 aromatic heterocycles. The van der Waals surface area contributed by atoms with Gasteiger partial charge in [-0.2, -0.15) is 0 Å². The van der Waals surface area contributed by atoms with Gasteiger partial charge in [0.05, 0.1) is 12.1 Å². The van der Waals surface area contributed by atoms with Gasteiger partial charge in [0.25, 0.3) is 0 Å². The van der Waals surface area contributed by atoms with Crippen molar-refractivity contribution in [3.05, 3.63) is 71.5 Å². The summed E-state index contributed by atoms with van der Waals surface area (Å²) >= 11 is 0. The summed E-state index contributed by atoms with van der Waals surface area (Å²) in [6, 6.07) is 17.0. The predicted octanol–water partition coefficient (Wildman–Crippen LogP) is 2.93. The number of fused-ring (bicyclic) bond motifs is 2. The van der Waals surface area contributed by atoms with E-state index in [0.717, 1.165) is 27.9 Å². The lowest BCUT2D eigenvalue weighted by Crippen LogP contribution is -2.41. The number of aliphatic hydroxyl groups is 1. The number of hydrogen-bond donors (Lipinski definition) is 3. The number of carbonyl (C=O) groups is 1. The van der Waals surface area contributed by atoms with Gasteiger partial charge in [-0.3, -0.25) is 0 Å². The van der Waals surface area contributed by atoms with Crippen LogP contribution in [0.1, 0.15) is 22.9 Å². The van der Waals surface area contributed by atoms with E-state index >= 15 is 0 Å². The number of nitrogens with one attached hydrogen (secondary N) is 2. The summed E-state index contributed by atoms with van der Waals surface area (Å²) in [7, 11) is 0. The monoisotopic (exact) mass is 336 g/mol. The minimum Gasteiger partial charge on any atom is -0.461 e. The molecule has 2 amide bonds. The lowest BCUT2D eigenvalue weighted by molar-refractivity contribution is 0.142. The Hall–Kier alpha value is -2.79. The fourth-order valence-corrected chi connectivity index (χ4v) is 3.40. The Bertz CT molecular complexity index is 870. The highest BCUT2D eigenvalue weighted by atomic mass is 16.3. The fourth-order valence-electron chi connectivity index (χ4n) is 3.40. The quantitative estimate of drug-likeness (QED) is 0.686. The number of aliphatic hydroxyl groups excluding tert-OH is 1. The molecule has 0 aliphatic heterocycles. The number of furan rings is 1. The minimum atomic E-state index is -0.585. The molecule has 0 saturated carbocycles. The van der Waals surface area contributed by atoms with Crippen molar-refractivity contribution in [3.8, 4) is 0 Å². The van der Waals surface area contributed by atoms with E-state index in [9.17, 15) is 9.90 Å². The molecule has 0 fully saturated rings. The highest BCUT2D eigenvalue weighted by Gasteiger charge is 2.31. The van der Waals surface area contributed by atoms with E-state index in [-0.39, 0.29) is 12.1 Å². The second-order valence-corrected chi connectivity index (χ2v) is 6.35. The lowest BCUT2D eigenvalue weighted by atomic mass is 10.1. The summed E-state index contributed by atoms with van der Waals surface area (Å²) in [6.07, 6.45) is 0.602. The third-order valence-electron chi connectivity index (χ3n) is 4.62. The van der Waals surface area contributed by atoms with Crippen LogP contribution in [-0.4, -0.2) is 23.8 Å². The molecule has 0 spiro atoms. The van der Waals surface area contributed by atoms with Crippen LogP contribution in [0.5, 0.6) is 0 Å². The van der Waals surface area contributed by atoms with Crippen molar-refractivity contribution >= 4 is 17.0 Å². The number of para-hydroxylation sites is 1. The second-order valence-electron chi connectivity index (χ2n) is 6.35. The largest absolute Gasteiger partial charge is 0.461 e. The first-order chi connectivity index (χ1) is 12.2. The highest BCUT2D eigenvalue weighted by molar-refractivity contribution is 5.77. The molecular formula is C20H20N2O3. The second kappa shape index (κ2) is 6.61. The molecule has 0 radical (unpaired) electrons. The average molecular weight is 336 g/mol. The number of rotatable bonds is 4. The first kappa shape index (κ1) is 15.7. The van der Waals surface area contributed by atoms with E-state index in [0.29, 0.717) is 19.4 Å². The molecule has 128 valence electrons. The number of benzene rings is 2. The molecule has 1 aliphatic carbocycles. The van der Waals surface area contributed by atoms with Crippen LogP contribution in [0.25, 0.3) is 11.0 Å². The molecule has 5 nitrogen and oxygen atoms in total. The van der Waals surface area contributed by atoms with Crippen LogP contribution in [0.4, 0.5) is 4.79 Å². The molecule has 5 heteroatoms. The van der Waals surface area contributed by atoms with Crippen LogP contribution in [0.2, 0.25) is 0 Å². The maximum atomic E-state index is 12.2. The number of carbonyl (C=O) groups excluding carboxylic acids is 1. The highest BCUT2D eigenvalue weighted by Crippen LogP contribution is 2.31. The Morgan fingerprint density at radius 1 is 1.16 bits per heavy atom. The SMILES string of the molecule is O=C(NCCc1cc2ccccc2o1)N[C@@H]1c2ccccc2C[C@@H]1O. The molecule has 3 N–H and O–H groups in total. The van der Waals surface area contributed by atoms with Crippen LogP contribution in [0, 0.1) is 0 Å². The van der Waals surface area contributed by atoms with Gasteiger partial charge in [-0.25, -0.2) is 4.79 Å². The molecule has 1 aliphatic rings. The first-order valence-corrected chi connectivity index (χ1v) is 8.48.